The number of aryl methyl sites for hydroxylation is 1. The lowest BCUT2D eigenvalue weighted by molar-refractivity contribution is -0.125. The number of hydrogen-bond acceptors (Lipinski definition) is 3. The van der Waals surface area contributed by atoms with Gasteiger partial charge in [0.2, 0.25) is 5.91 Å². The first-order valence-electron chi connectivity index (χ1n) is 8.64. The summed E-state index contributed by atoms with van der Waals surface area (Å²) in [6.45, 7) is 2.07. The standard InChI is InChI=1S/C20H25N3O/c1-14-5-7-15(8-6-14)12-19(18-4-2-3-11-22-18)23-20(24)16-9-10-17(21)13-16/h2-8,11,16-17,19H,9-10,12-13,21H2,1H3,(H,23,24). The minimum Gasteiger partial charge on any atom is -0.347 e. The van der Waals surface area contributed by atoms with Crippen molar-refractivity contribution in [2.45, 2.75) is 44.7 Å². The molecule has 3 atom stereocenters. The van der Waals surface area contributed by atoms with Crippen molar-refractivity contribution < 1.29 is 4.79 Å². The Morgan fingerprint density at radius 1 is 1.25 bits per heavy atom. The van der Waals surface area contributed by atoms with Crippen LogP contribution in [0.5, 0.6) is 0 Å². The first-order valence-corrected chi connectivity index (χ1v) is 8.64. The highest BCUT2D eigenvalue weighted by molar-refractivity contribution is 5.79. The quantitative estimate of drug-likeness (QED) is 0.889. The molecular formula is C20H25N3O. The van der Waals surface area contributed by atoms with Gasteiger partial charge in [-0.15, -0.1) is 0 Å². The van der Waals surface area contributed by atoms with Crippen LogP contribution in [0.4, 0.5) is 0 Å². The number of nitrogens with one attached hydrogen (secondary N) is 1. The van der Waals surface area contributed by atoms with Crippen molar-refractivity contribution in [3.05, 3.63) is 65.5 Å². The fourth-order valence-electron chi connectivity index (χ4n) is 3.32. The molecule has 1 saturated carbocycles. The summed E-state index contributed by atoms with van der Waals surface area (Å²) in [4.78, 5) is 17.1. The Labute approximate surface area is 143 Å². The second-order valence-electron chi connectivity index (χ2n) is 6.78. The zero-order valence-corrected chi connectivity index (χ0v) is 14.1. The summed E-state index contributed by atoms with van der Waals surface area (Å²) in [6.07, 6.45) is 5.11. The van der Waals surface area contributed by atoms with E-state index in [1.54, 1.807) is 6.20 Å². The van der Waals surface area contributed by atoms with E-state index in [4.69, 9.17) is 5.73 Å². The average molecular weight is 323 g/mol. The third-order valence-corrected chi connectivity index (χ3v) is 4.77. The highest BCUT2D eigenvalue weighted by atomic mass is 16.1. The predicted octanol–water partition coefficient (Wildman–Crippen LogP) is 2.92. The van der Waals surface area contributed by atoms with Gasteiger partial charge in [-0.1, -0.05) is 35.9 Å². The van der Waals surface area contributed by atoms with Crippen molar-refractivity contribution in [2.75, 3.05) is 0 Å². The molecule has 1 aromatic heterocycles. The summed E-state index contributed by atoms with van der Waals surface area (Å²) >= 11 is 0. The van der Waals surface area contributed by atoms with Crippen LogP contribution in [0.3, 0.4) is 0 Å². The molecule has 4 heteroatoms. The number of pyridine rings is 1. The van der Waals surface area contributed by atoms with E-state index < -0.39 is 0 Å². The molecule has 0 aliphatic heterocycles. The van der Waals surface area contributed by atoms with Crippen molar-refractivity contribution in [1.29, 1.82) is 0 Å². The highest BCUT2D eigenvalue weighted by Gasteiger charge is 2.29. The van der Waals surface area contributed by atoms with Gasteiger partial charge in [0.25, 0.3) is 0 Å². The van der Waals surface area contributed by atoms with Gasteiger partial charge in [0.15, 0.2) is 0 Å². The van der Waals surface area contributed by atoms with E-state index >= 15 is 0 Å². The number of benzene rings is 1. The maximum Gasteiger partial charge on any atom is 0.223 e. The molecular weight excluding hydrogens is 298 g/mol. The van der Waals surface area contributed by atoms with E-state index in [2.05, 4.69) is 41.5 Å². The van der Waals surface area contributed by atoms with E-state index in [0.717, 1.165) is 31.4 Å². The van der Waals surface area contributed by atoms with E-state index in [0.29, 0.717) is 0 Å². The third kappa shape index (κ3) is 4.20. The molecule has 0 saturated heterocycles. The fourth-order valence-corrected chi connectivity index (χ4v) is 3.32. The number of amides is 1. The molecule has 2 aromatic rings. The molecule has 3 rings (SSSR count). The molecule has 0 spiro atoms. The predicted molar refractivity (Wildman–Crippen MR) is 95.3 cm³/mol. The smallest absolute Gasteiger partial charge is 0.223 e. The third-order valence-electron chi connectivity index (χ3n) is 4.77. The molecule has 1 aliphatic rings. The van der Waals surface area contributed by atoms with Crippen LogP contribution >= 0.6 is 0 Å². The first-order chi connectivity index (χ1) is 11.6. The van der Waals surface area contributed by atoms with Crippen molar-refractivity contribution in [3.8, 4) is 0 Å². The number of rotatable bonds is 5. The summed E-state index contributed by atoms with van der Waals surface area (Å²) in [5, 5.41) is 3.20. The Hall–Kier alpha value is -2.20. The zero-order valence-electron chi connectivity index (χ0n) is 14.1. The lowest BCUT2D eigenvalue weighted by Gasteiger charge is -2.21. The van der Waals surface area contributed by atoms with Crippen molar-refractivity contribution in [1.82, 2.24) is 10.3 Å². The summed E-state index contributed by atoms with van der Waals surface area (Å²) in [5.41, 5.74) is 9.27. The first kappa shape index (κ1) is 16.7. The van der Waals surface area contributed by atoms with Crippen LogP contribution < -0.4 is 11.1 Å². The zero-order chi connectivity index (χ0) is 16.9. The van der Waals surface area contributed by atoms with Gasteiger partial charge in [-0.05, 0) is 50.3 Å². The number of carbonyl (C=O) groups is 1. The van der Waals surface area contributed by atoms with Crippen LogP contribution in [0.2, 0.25) is 0 Å². The summed E-state index contributed by atoms with van der Waals surface area (Å²) in [5.74, 6) is 0.134. The van der Waals surface area contributed by atoms with Gasteiger partial charge < -0.3 is 11.1 Å². The maximum absolute atomic E-state index is 12.6. The summed E-state index contributed by atoms with van der Waals surface area (Å²) in [7, 11) is 0. The second-order valence-corrected chi connectivity index (χ2v) is 6.78. The van der Waals surface area contributed by atoms with Crippen LogP contribution in [-0.4, -0.2) is 16.9 Å². The average Bonchev–Trinajstić information content (AvgIpc) is 3.03. The number of carbonyl (C=O) groups excluding carboxylic acids is 1. The van der Waals surface area contributed by atoms with Gasteiger partial charge in [0.1, 0.15) is 0 Å². The summed E-state index contributed by atoms with van der Waals surface area (Å²) in [6, 6.07) is 14.3. The van der Waals surface area contributed by atoms with Crippen LogP contribution in [0, 0.1) is 12.8 Å². The topological polar surface area (TPSA) is 68.0 Å². The van der Waals surface area contributed by atoms with Gasteiger partial charge in [0, 0.05) is 18.2 Å². The van der Waals surface area contributed by atoms with Gasteiger partial charge >= 0.3 is 0 Å². The van der Waals surface area contributed by atoms with Gasteiger partial charge in [-0.25, -0.2) is 0 Å². The molecule has 0 radical (unpaired) electrons. The van der Waals surface area contributed by atoms with E-state index in [9.17, 15) is 4.79 Å². The Morgan fingerprint density at radius 3 is 2.67 bits per heavy atom. The fraction of sp³-hybridized carbons (Fsp3) is 0.400. The van der Waals surface area contributed by atoms with Crippen LogP contribution in [-0.2, 0) is 11.2 Å². The monoisotopic (exact) mass is 323 g/mol. The minimum atomic E-state index is -0.113. The molecule has 4 nitrogen and oxygen atoms in total. The SMILES string of the molecule is Cc1ccc(CC(NC(=O)C2CCC(N)C2)c2ccccn2)cc1. The molecule has 1 heterocycles. The molecule has 126 valence electrons. The number of hydrogen-bond donors (Lipinski definition) is 2. The molecule has 24 heavy (non-hydrogen) atoms. The lowest BCUT2D eigenvalue weighted by atomic mass is 10.00. The van der Waals surface area contributed by atoms with E-state index in [1.165, 1.54) is 11.1 Å². The lowest BCUT2D eigenvalue weighted by Crippen LogP contribution is -2.35. The number of nitrogens with two attached hydrogens (primary N) is 1. The minimum absolute atomic E-state index is 0.0317. The summed E-state index contributed by atoms with van der Waals surface area (Å²) < 4.78 is 0. The molecule has 3 unspecified atom stereocenters. The number of nitrogens with zero attached hydrogens (tertiary/aromatic N) is 1. The van der Waals surface area contributed by atoms with Crippen LogP contribution in [0.25, 0.3) is 0 Å². The van der Waals surface area contributed by atoms with Crippen molar-refractivity contribution in [3.63, 3.8) is 0 Å². The Kier molecular flexibility index (Phi) is 5.26. The van der Waals surface area contributed by atoms with E-state index in [-0.39, 0.29) is 23.9 Å². The van der Waals surface area contributed by atoms with Crippen LogP contribution in [0.1, 0.15) is 42.1 Å². The van der Waals surface area contributed by atoms with E-state index in [1.807, 2.05) is 18.2 Å². The highest BCUT2D eigenvalue weighted by Crippen LogP contribution is 2.26. The van der Waals surface area contributed by atoms with Gasteiger partial charge in [-0.3, -0.25) is 9.78 Å². The molecule has 1 aliphatic carbocycles. The second kappa shape index (κ2) is 7.58. The van der Waals surface area contributed by atoms with Crippen LogP contribution in [0.15, 0.2) is 48.7 Å². The normalized spacial score (nSPS) is 21.4. The largest absolute Gasteiger partial charge is 0.347 e. The molecule has 3 N–H and O–H groups in total. The molecule has 0 bridgehead atoms. The molecule has 1 aromatic carbocycles. The van der Waals surface area contributed by atoms with Gasteiger partial charge in [-0.2, -0.15) is 0 Å². The Balaban J connectivity index is 1.75. The van der Waals surface area contributed by atoms with Crippen molar-refractivity contribution in [2.24, 2.45) is 11.7 Å². The Bertz CT molecular complexity index is 669. The Morgan fingerprint density at radius 2 is 2.04 bits per heavy atom. The van der Waals surface area contributed by atoms with Crippen molar-refractivity contribution >= 4 is 5.91 Å². The number of aromatic nitrogens is 1. The maximum atomic E-state index is 12.6. The molecule has 1 amide bonds. The van der Waals surface area contributed by atoms with Gasteiger partial charge in [0.05, 0.1) is 11.7 Å². The molecule has 1 fully saturated rings.